The number of amides is 1. The molecule has 1 heterocycles. The summed E-state index contributed by atoms with van der Waals surface area (Å²) < 4.78 is 5.01. The lowest BCUT2D eigenvalue weighted by molar-refractivity contribution is -0.139. The van der Waals surface area contributed by atoms with Crippen molar-refractivity contribution in [2.45, 2.75) is 32.4 Å². The van der Waals surface area contributed by atoms with E-state index in [1.54, 1.807) is 37.6 Å². The average Bonchev–Trinajstić information content (AvgIpc) is 2.63. The number of carbonyl (C=O) groups is 2. The highest BCUT2D eigenvalue weighted by Gasteiger charge is 2.25. The molecule has 1 amide bonds. The first-order chi connectivity index (χ1) is 7.79. The Kier molecular flexibility index (Phi) is 4.11. The first-order valence-electron chi connectivity index (χ1n) is 5.04. The summed E-state index contributed by atoms with van der Waals surface area (Å²) in [5, 5.41) is 14.8. The van der Waals surface area contributed by atoms with Gasteiger partial charge in [-0.2, -0.15) is 11.3 Å². The average molecular weight is 257 g/mol. The standard InChI is InChI=1S/C11H15NO4S/c1-11(2,3)16-10(15)12-8(9(13)14)7-4-5-17-6-7/h4-6,8H,1-3H3,(H,12,15)(H,13,14)/t8-/m1/s1. The molecule has 0 saturated heterocycles. The van der Waals surface area contributed by atoms with Crippen molar-refractivity contribution in [3.05, 3.63) is 22.4 Å². The number of hydrogen-bond acceptors (Lipinski definition) is 4. The molecule has 0 unspecified atom stereocenters. The summed E-state index contributed by atoms with van der Waals surface area (Å²) in [6.07, 6.45) is -0.740. The van der Waals surface area contributed by atoms with Crippen LogP contribution in [0.15, 0.2) is 16.8 Å². The monoisotopic (exact) mass is 257 g/mol. The number of carbonyl (C=O) groups excluding carboxylic acids is 1. The van der Waals surface area contributed by atoms with Gasteiger partial charge in [0.2, 0.25) is 0 Å². The highest BCUT2D eigenvalue weighted by Crippen LogP contribution is 2.17. The van der Waals surface area contributed by atoms with Crippen molar-refractivity contribution in [3.63, 3.8) is 0 Å². The van der Waals surface area contributed by atoms with E-state index in [1.807, 2.05) is 0 Å². The van der Waals surface area contributed by atoms with Gasteiger partial charge in [-0.25, -0.2) is 9.59 Å². The summed E-state index contributed by atoms with van der Waals surface area (Å²) in [6.45, 7) is 5.15. The third-order valence-corrected chi connectivity index (χ3v) is 2.49. The lowest BCUT2D eigenvalue weighted by Crippen LogP contribution is -2.37. The number of alkyl carbamates (subject to hydrolysis) is 1. The predicted molar refractivity (Wildman–Crippen MR) is 64.1 cm³/mol. The zero-order chi connectivity index (χ0) is 13.1. The van der Waals surface area contributed by atoms with Crippen molar-refractivity contribution in [3.8, 4) is 0 Å². The highest BCUT2D eigenvalue weighted by atomic mass is 32.1. The van der Waals surface area contributed by atoms with Crippen molar-refractivity contribution >= 4 is 23.4 Å². The Labute approximate surface area is 103 Å². The van der Waals surface area contributed by atoms with Gasteiger partial charge in [0.15, 0.2) is 6.04 Å². The third kappa shape index (κ3) is 4.44. The smallest absolute Gasteiger partial charge is 0.408 e. The molecule has 17 heavy (non-hydrogen) atoms. The Bertz CT molecular complexity index is 394. The number of ether oxygens (including phenoxy) is 1. The largest absolute Gasteiger partial charge is 0.479 e. The van der Waals surface area contributed by atoms with Gasteiger partial charge in [-0.15, -0.1) is 0 Å². The molecule has 94 valence electrons. The van der Waals surface area contributed by atoms with Gasteiger partial charge >= 0.3 is 12.1 Å². The molecule has 0 spiro atoms. The van der Waals surface area contributed by atoms with E-state index in [9.17, 15) is 9.59 Å². The minimum atomic E-state index is -1.12. The number of aliphatic carboxylic acids is 1. The summed E-state index contributed by atoms with van der Waals surface area (Å²) in [5.74, 6) is -1.12. The Hall–Kier alpha value is -1.56. The molecular weight excluding hydrogens is 242 g/mol. The SMILES string of the molecule is CC(C)(C)OC(=O)N[C@@H](C(=O)O)c1ccsc1. The molecule has 1 aromatic heterocycles. The van der Waals surface area contributed by atoms with Crippen molar-refractivity contribution in [2.24, 2.45) is 0 Å². The molecule has 1 aromatic rings. The first kappa shape index (κ1) is 13.5. The van der Waals surface area contributed by atoms with Gasteiger partial charge in [0.25, 0.3) is 0 Å². The quantitative estimate of drug-likeness (QED) is 0.871. The summed E-state index contributed by atoms with van der Waals surface area (Å²) in [7, 11) is 0. The van der Waals surface area contributed by atoms with E-state index in [-0.39, 0.29) is 0 Å². The minimum absolute atomic E-state index is 0.536. The number of rotatable bonds is 3. The molecule has 0 saturated carbocycles. The summed E-state index contributed by atoms with van der Waals surface area (Å²) in [6, 6.07) is 0.581. The maximum Gasteiger partial charge on any atom is 0.408 e. The van der Waals surface area contributed by atoms with E-state index in [1.165, 1.54) is 11.3 Å². The van der Waals surface area contributed by atoms with Crippen LogP contribution in [0.2, 0.25) is 0 Å². The van der Waals surface area contributed by atoms with Gasteiger partial charge in [0.1, 0.15) is 5.60 Å². The van der Waals surface area contributed by atoms with E-state index < -0.39 is 23.7 Å². The van der Waals surface area contributed by atoms with Crippen LogP contribution >= 0.6 is 11.3 Å². The molecule has 0 aromatic carbocycles. The topological polar surface area (TPSA) is 75.6 Å². The molecular formula is C11H15NO4S. The number of hydrogen-bond donors (Lipinski definition) is 2. The third-order valence-electron chi connectivity index (χ3n) is 1.78. The number of thiophene rings is 1. The summed E-state index contributed by atoms with van der Waals surface area (Å²) in [4.78, 5) is 22.5. The maximum absolute atomic E-state index is 11.5. The van der Waals surface area contributed by atoms with Crippen molar-refractivity contribution in [1.82, 2.24) is 5.32 Å². The Balaban J connectivity index is 2.69. The summed E-state index contributed by atoms with van der Waals surface area (Å²) in [5.41, 5.74) is -0.115. The molecule has 0 aliphatic rings. The fourth-order valence-electron chi connectivity index (χ4n) is 1.15. The van der Waals surface area contributed by atoms with Crippen LogP contribution in [0.1, 0.15) is 32.4 Å². The Morgan fingerprint density at radius 1 is 1.47 bits per heavy atom. The maximum atomic E-state index is 11.5. The molecule has 0 aliphatic carbocycles. The van der Waals surface area contributed by atoms with E-state index >= 15 is 0 Å². The lowest BCUT2D eigenvalue weighted by atomic mass is 10.1. The van der Waals surface area contributed by atoms with Crippen molar-refractivity contribution < 1.29 is 19.4 Å². The van der Waals surface area contributed by atoms with E-state index in [4.69, 9.17) is 9.84 Å². The fourth-order valence-corrected chi connectivity index (χ4v) is 1.84. The normalized spacial score (nSPS) is 12.9. The Morgan fingerprint density at radius 3 is 2.53 bits per heavy atom. The number of carboxylic acids is 1. The lowest BCUT2D eigenvalue weighted by Gasteiger charge is -2.21. The minimum Gasteiger partial charge on any atom is -0.479 e. The van der Waals surface area contributed by atoms with Crippen LogP contribution in [0.4, 0.5) is 4.79 Å². The van der Waals surface area contributed by atoms with Gasteiger partial charge in [0.05, 0.1) is 0 Å². The predicted octanol–water partition coefficient (Wildman–Crippen LogP) is 2.40. The molecule has 0 bridgehead atoms. The second-order valence-electron chi connectivity index (χ2n) is 4.47. The zero-order valence-electron chi connectivity index (χ0n) is 9.89. The number of carboxylic acid groups (broad SMARTS) is 1. The molecule has 1 rings (SSSR count). The second kappa shape index (κ2) is 5.18. The van der Waals surface area contributed by atoms with Crippen LogP contribution in [0, 0.1) is 0 Å². The van der Waals surface area contributed by atoms with Crippen LogP contribution in [-0.4, -0.2) is 22.8 Å². The van der Waals surface area contributed by atoms with Gasteiger partial charge in [-0.3, -0.25) is 0 Å². The van der Waals surface area contributed by atoms with Gasteiger partial charge < -0.3 is 15.2 Å². The summed E-state index contributed by atoms with van der Waals surface area (Å²) >= 11 is 1.37. The molecule has 0 radical (unpaired) electrons. The molecule has 5 nitrogen and oxygen atoms in total. The number of nitrogens with one attached hydrogen (secondary N) is 1. The van der Waals surface area contributed by atoms with Crippen molar-refractivity contribution in [1.29, 1.82) is 0 Å². The van der Waals surface area contributed by atoms with Gasteiger partial charge in [-0.1, -0.05) is 0 Å². The second-order valence-corrected chi connectivity index (χ2v) is 5.25. The van der Waals surface area contributed by atoms with E-state index in [0.29, 0.717) is 5.56 Å². The van der Waals surface area contributed by atoms with E-state index in [0.717, 1.165) is 0 Å². The Morgan fingerprint density at radius 2 is 2.12 bits per heavy atom. The molecule has 2 N–H and O–H groups in total. The van der Waals surface area contributed by atoms with Crippen LogP contribution < -0.4 is 5.32 Å². The molecule has 1 atom stereocenters. The molecule has 0 aliphatic heterocycles. The van der Waals surface area contributed by atoms with Crippen LogP contribution in [-0.2, 0) is 9.53 Å². The fraction of sp³-hybridized carbons (Fsp3) is 0.455. The zero-order valence-corrected chi connectivity index (χ0v) is 10.7. The van der Waals surface area contributed by atoms with Crippen LogP contribution in [0.5, 0.6) is 0 Å². The first-order valence-corrected chi connectivity index (χ1v) is 5.98. The molecule has 6 heteroatoms. The van der Waals surface area contributed by atoms with E-state index in [2.05, 4.69) is 5.32 Å². The highest BCUT2D eigenvalue weighted by molar-refractivity contribution is 7.08. The molecule has 0 fully saturated rings. The van der Waals surface area contributed by atoms with Gasteiger partial charge in [-0.05, 0) is 43.2 Å². The van der Waals surface area contributed by atoms with Crippen molar-refractivity contribution in [2.75, 3.05) is 0 Å². The van der Waals surface area contributed by atoms with Crippen LogP contribution in [0.3, 0.4) is 0 Å². The van der Waals surface area contributed by atoms with Gasteiger partial charge in [0, 0.05) is 0 Å². The van der Waals surface area contributed by atoms with Crippen LogP contribution in [0.25, 0.3) is 0 Å².